The molecule has 0 bridgehead atoms. The summed E-state index contributed by atoms with van der Waals surface area (Å²) in [6.07, 6.45) is 6.08. The summed E-state index contributed by atoms with van der Waals surface area (Å²) in [5.74, 6) is 1.71. The molecule has 0 radical (unpaired) electrons. The Balaban J connectivity index is 1.76. The number of phenolic OH excluding ortho intramolecular Hbond substituents is 1. The third-order valence-corrected chi connectivity index (χ3v) is 7.54. The maximum absolute atomic E-state index is 10.4. The van der Waals surface area contributed by atoms with Crippen LogP contribution in [0.4, 0.5) is 0 Å². The van der Waals surface area contributed by atoms with Gasteiger partial charge in [-0.15, -0.1) is 0 Å². The first kappa shape index (κ1) is 15.1. The van der Waals surface area contributed by atoms with E-state index < -0.39 is 0 Å². The minimum absolute atomic E-state index is 0.0254. The molecule has 0 heterocycles. The van der Waals surface area contributed by atoms with Gasteiger partial charge in [0, 0.05) is 0 Å². The summed E-state index contributed by atoms with van der Waals surface area (Å²) in [6, 6.07) is 1.93. The van der Waals surface area contributed by atoms with Crippen LogP contribution in [0.3, 0.4) is 0 Å². The van der Waals surface area contributed by atoms with Gasteiger partial charge in [-0.3, -0.25) is 0 Å². The largest absolute Gasteiger partial charge is 0.505 e. The smallest absolute Gasteiger partial charge is 0.153 e. The topological polar surface area (TPSA) is 40.5 Å². The number of aliphatic hydroxyl groups excluding tert-OH is 1. The van der Waals surface area contributed by atoms with Crippen molar-refractivity contribution in [2.75, 3.05) is 0 Å². The average Bonchev–Trinajstić information content (AvgIpc) is 2.80. The Bertz CT molecular complexity index is 630. The summed E-state index contributed by atoms with van der Waals surface area (Å²) in [5, 5.41) is 21.2. The predicted octanol–water partition coefficient (Wildman–Crippen LogP) is 4.92. The standard InChI is InChI=1S/C18H22Cl2O2/c1-18-7-6-9-10(13(18)4-5-15(18)21)2-3-11-12(9)8-14(19)17(22)16(11)20/h8-10,13,15,21-22H,2-7H2,1H3/t9-,10+,13-,15-,18-/m0/s1. The Kier molecular flexibility index (Phi) is 3.45. The lowest BCUT2D eigenvalue weighted by Gasteiger charge is -2.50. The Labute approximate surface area is 141 Å². The van der Waals surface area contributed by atoms with E-state index in [9.17, 15) is 10.2 Å². The van der Waals surface area contributed by atoms with Crippen LogP contribution in [0, 0.1) is 17.3 Å². The molecule has 0 aromatic heterocycles. The second-order valence-corrected chi connectivity index (χ2v) is 8.43. The highest BCUT2D eigenvalue weighted by atomic mass is 35.5. The van der Waals surface area contributed by atoms with Crippen LogP contribution in [0.1, 0.15) is 56.1 Å². The van der Waals surface area contributed by atoms with E-state index in [0.717, 1.165) is 44.1 Å². The summed E-state index contributed by atoms with van der Waals surface area (Å²) in [4.78, 5) is 0. The summed E-state index contributed by atoms with van der Waals surface area (Å²) in [5.41, 5.74) is 2.42. The van der Waals surface area contributed by atoms with Crippen LogP contribution in [0.5, 0.6) is 5.75 Å². The van der Waals surface area contributed by atoms with Crippen molar-refractivity contribution in [2.45, 2.75) is 57.5 Å². The van der Waals surface area contributed by atoms with Gasteiger partial charge < -0.3 is 10.2 Å². The van der Waals surface area contributed by atoms with Gasteiger partial charge in [0.15, 0.2) is 5.75 Å². The van der Waals surface area contributed by atoms with Gasteiger partial charge in [0.1, 0.15) is 0 Å². The lowest BCUT2D eigenvalue weighted by atomic mass is 9.55. The van der Waals surface area contributed by atoms with Gasteiger partial charge in [0.2, 0.25) is 0 Å². The van der Waals surface area contributed by atoms with Crippen LogP contribution >= 0.6 is 23.2 Å². The van der Waals surface area contributed by atoms with E-state index in [2.05, 4.69) is 6.92 Å². The van der Waals surface area contributed by atoms with Crippen LogP contribution in [-0.2, 0) is 6.42 Å². The van der Waals surface area contributed by atoms with Crippen molar-refractivity contribution in [1.82, 2.24) is 0 Å². The molecule has 0 saturated heterocycles. The molecule has 0 aliphatic heterocycles. The van der Waals surface area contributed by atoms with Gasteiger partial charge in [-0.05, 0) is 78.9 Å². The summed E-state index contributed by atoms with van der Waals surface area (Å²) >= 11 is 12.5. The van der Waals surface area contributed by atoms with Crippen molar-refractivity contribution in [3.63, 3.8) is 0 Å². The fourth-order valence-electron chi connectivity index (χ4n) is 5.61. The fraction of sp³-hybridized carbons (Fsp3) is 0.667. The number of benzene rings is 1. The summed E-state index contributed by atoms with van der Waals surface area (Å²) in [6.45, 7) is 2.28. The first-order valence-corrected chi connectivity index (χ1v) is 9.07. The molecular weight excluding hydrogens is 319 g/mol. The van der Waals surface area contributed by atoms with Crippen LogP contribution in [0.2, 0.25) is 10.0 Å². The van der Waals surface area contributed by atoms with Crippen molar-refractivity contribution in [3.05, 3.63) is 27.2 Å². The third kappa shape index (κ3) is 1.90. The molecule has 2 saturated carbocycles. The highest BCUT2D eigenvalue weighted by Gasteiger charge is 2.54. The lowest BCUT2D eigenvalue weighted by molar-refractivity contribution is -0.0226. The zero-order chi connectivity index (χ0) is 15.6. The zero-order valence-corrected chi connectivity index (χ0v) is 14.3. The van der Waals surface area contributed by atoms with Crippen LogP contribution in [0.15, 0.2) is 6.07 Å². The monoisotopic (exact) mass is 340 g/mol. The number of phenols is 1. The van der Waals surface area contributed by atoms with E-state index >= 15 is 0 Å². The number of rotatable bonds is 0. The number of fused-ring (bicyclic) bond motifs is 5. The van der Waals surface area contributed by atoms with E-state index in [1.165, 1.54) is 5.56 Å². The maximum atomic E-state index is 10.4. The number of aromatic hydroxyl groups is 1. The Hall–Kier alpha value is -0.440. The molecule has 5 atom stereocenters. The SMILES string of the molecule is C[C@]12CC[C@@H]3c4cc(Cl)c(O)c(Cl)c4CC[C@H]3[C@@H]1CC[C@@H]2O. The number of hydrogen-bond acceptors (Lipinski definition) is 2. The van der Waals surface area contributed by atoms with E-state index in [1.54, 1.807) is 0 Å². The Morgan fingerprint density at radius 2 is 1.95 bits per heavy atom. The van der Waals surface area contributed by atoms with Crippen molar-refractivity contribution < 1.29 is 10.2 Å². The molecule has 1 aromatic rings. The second-order valence-electron chi connectivity index (χ2n) is 7.64. The Morgan fingerprint density at radius 3 is 2.73 bits per heavy atom. The van der Waals surface area contributed by atoms with Gasteiger partial charge >= 0.3 is 0 Å². The van der Waals surface area contributed by atoms with Crippen molar-refractivity contribution >= 4 is 23.2 Å². The van der Waals surface area contributed by atoms with Gasteiger partial charge in [-0.2, -0.15) is 0 Å². The third-order valence-electron chi connectivity index (χ3n) is 6.84. The van der Waals surface area contributed by atoms with Gasteiger partial charge in [-0.1, -0.05) is 30.1 Å². The summed E-state index contributed by atoms with van der Waals surface area (Å²) in [7, 11) is 0. The average molecular weight is 341 g/mol. The predicted molar refractivity (Wildman–Crippen MR) is 88.8 cm³/mol. The van der Waals surface area contributed by atoms with E-state index in [4.69, 9.17) is 23.2 Å². The minimum atomic E-state index is -0.146. The second kappa shape index (κ2) is 5.03. The van der Waals surface area contributed by atoms with Crippen LogP contribution < -0.4 is 0 Å². The zero-order valence-electron chi connectivity index (χ0n) is 12.8. The van der Waals surface area contributed by atoms with Crippen LogP contribution in [0.25, 0.3) is 0 Å². The Morgan fingerprint density at radius 1 is 1.18 bits per heavy atom. The number of aliphatic hydroxyl groups is 1. The molecule has 0 unspecified atom stereocenters. The first-order valence-electron chi connectivity index (χ1n) is 8.31. The molecule has 1 aromatic carbocycles. The molecule has 3 aliphatic carbocycles. The van der Waals surface area contributed by atoms with Gasteiger partial charge in [0.25, 0.3) is 0 Å². The molecule has 22 heavy (non-hydrogen) atoms. The summed E-state index contributed by atoms with van der Waals surface area (Å²) < 4.78 is 0. The molecule has 0 spiro atoms. The molecular formula is C18H22Cl2O2. The highest BCUT2D eigenvalue weighted by molar-refractivity contribution is 6.37. The van der Waals surface area contributed by atoms with Crippen molar-refractivity contribution in [3.8, 4) is 5.75 Å². The maximum Gasteiger partial charge on any atom is 0.153 e. The quantitative estimate of drug-likeness (QED) is 0.703. The molecule has 2 N–H and O–H groups in total. The van der Waals surface area contributed by atoms with Crippen LogP contribution in [-0.4, -0.2) is 16.3 Å². The number of halogens is 2. The first-order chi connectivity index (χ1) is 10.4. The van der Waals surface area contributed by atoms with Crippen molar-refractivity contribution in [2.24, 2.45) is 17.3 Å². The minimum Gasteiger partial charge on any atom is -0.505 e. The van der Waals surface area contributed by atoms with Gasteiger partial charge in [-0.25, -0.2) is 0 Å². The molecule has 3 aliphatic rings. The molecule has 4 heteroatoms. The molecule has 120 valence electrons. The van der Waals surface area contributed by atoms with E-state index in [1.807, 2.05) is 6.07 Å². The molecule has 4 rings (SSSR count). The van der Waals surface area contributed by atoms with E-state index in [0.29, 0.717) is 27.8 Å². The normalized spacial score (nSPS) is 40.0. The van der Waals surface area contributed by atoms with Gasteiger partial charge in [0.05, 0.1) is 16.1 Å². The molecule has 0 amide bonds. The van der Waals surface area contributed by atoms with E-state index in [-0.39, 0.29) is 17.3 Å². The molecule has 2 nitrogen and oxygen atoms in total. The molecule has 2 fully saturated rings. The van der Waals surface area contributed by atoms with Crippen molar-refractivity contribution in [1.29, 1.82) is 0 Å². The fourth-order valence-corrected chi connectivity index (χ4v) is 6.18. The highest BCUT2D eigenvalue weighted by Crippen LogP contribution is 2.61. The number of hydrogen-bond donors (Lipinski definition) is 2. The lowest BCUT2D eigenvalue weighted by Crippen LogP contribution is -2.43.